The predicted molar refractivity (Wildman–Crippen MR) is 89.7 cm³/mol. The van der Waals surface area contributed by atoms with Crippen molar-refractivity contribution in [2.24, 2.45) is 0 Å². The molecule has 0 N–H and O–H groups in total. The fourth-order valence-electron chi connectivity index (χ4n) is 2.10. The van der Waals surface area contributed by atoms with E-state index in [1.165, 1.54) is 31.6 Å². The highest BCUT2D eigenvalue weighted by Gasteiger charge is 2.26. The summed E-state index contributed by atoms with van der Waals surface area (Å²) in [6.07, 6.45) is 0. The third kappa shape index (κ3) is 3.77. The molecule has 0 spiro atoms. The normalized spacial score (nSPS) is 11.5. The first kappa shape index (κ1) is 17.6. The molecule has 124 valence electrons. The van der Waals surface area contributed by atoms with Crippen LogP contribution in [0.2, 0.25) is 5.02 Å². The molecule has 0 heterocycles. The smallest absolute Gasteiger partial charge is 0.246 e. The first-order chi connectivity index (χ1) is 10.9. The molecule has 0 atom stereocenters. The van der Waals surface area contributed by atoms with Crippen LogP contribution in [0.4, 0.5) is 0 Å². The Balaban J connectivity index is 2.39. The molecule has 0 aromatic heterocycles. The van der Waals surface area contributed by atoms with Crippen molar-refractivity contribution in [3.8, 4) is 11.5 Å². The summed E-state index contributed by atoms with van der Waals surface area (Å²) in [6.45, 7) is 0.155. The Kier molecular flexibility index (Phi) is 5.51. The van der Waals surface area contributed by atoms with Crippen LogP contribution in [0.15, 0.2) is 47.4 Å². The molecule has 0 bridgehead atoms. The average molecular weight is 356 g/mol. The Morgan fingerprint density at radius 3 is 2.39 bits per heavy atom. The molecule has 2 rings (SSSR count). The van der Waals surface area contributed by atoms with E-state index in [9.17, 15) is 8.42 Å². The van der Waals surface area contributed by atoms with Crippen LogP contribution in [0.5, 0.6) is 11.5 Å². The zero-order valence-corrected chi connectivity index (χ0v) is 14.7. The van der Waals surface area contributed by atoms with Gasteiger partial charge in [0, 0.05) is 24.7 Å². The number of ether oxygens (including phenoxy) is 2. The van der Waals surface area contributed by atoms with Gasteiger partial charge in [0.25, 0.3) is 0 Å². The van der Waals surface area contributed by atoms with Crippen LogP contribution in [-0.2, 0) is 16.6 Å². The monoisotopic (exact) mass is 355 g/mol. The van der Waals surface area contributed by atoms with Gasteiger partial charge in [-0.3, -0.25) is 0 Å². The van der Waals surface area contributed by atoms with E-state index in [0.29, 0.717) is 10.8 Å². The molecule has 0 aliphatic carbocycles. The fraction of sp³-hybridized carbons (Fsp3) is 0.250. The van der Waals surface area contributed by atoms with Gasteiger partial charge in [-0.2, -0.15) is 4.31 Å². The van der Waals surface area contributed by atoms with Crippen molar-refractivity contribution < 1.29 is 17.9 Å². The van der Waals surface area contributed by atoms with Crippen LogP contribution in [0, 0.1) is 0 Å². The number of halogens is 1. The average Bonchev–Trinajstić information content (AvgIpc) is 2.56. The topological polar surface area (TPSA) is 55.8 Å². The molecule has 7 heteroatoms. The molecule has 0 unspecified atom stereocenters. The molecular formula is C16H18ClNO4S. The number of sulfonamides is 1. The minimum absolute atomic E-state index is 0.0499. The number of nitrogens with zero attached hydrogens (tertiary/aromatic N) is 1. The van der Waals surface area contributed by atoms with Crippen LogP contribution >= 0.6 is 11.6 Å². The number of hydrogen-bond acceptors (Lipinski definition) is 4. The summed E-state index contributed by atoms with van der Waals surface area (Å²) in [6, 6.07) is 11.8. The Hall–Kier alpha value is -1.76. The summed E-state index contributed by atoms with van der Waals surface area (Å²) in [4.78, 5) is 0.0499. The van der Waals surface area contributed by atoms with Crippen molar-refractivity contribution in [1.82, 2.24) is 4.31 Å². The van der Waals surface area contributed by atoms with Gasteiger partial charge in [0.05, 0.1) is 14.2 Å². The second-order valence-corrected chi connectivity index (χ2v) is 7.29. The van der Waals surface area contributed by atoms with E-state index in [1.54, 1.807) is 30.3 Å². The lowest BCUT2D eigenvalue weighted by molar-refractivity contribution is 0.388. The summed E-state index contributed by atoms with van der Waals surface area (Å²) in [5.74, 6) is 0.701. The quantitative estimate of drug-likeness (QED) is 0.798. The summed E-state index contributed by atoms with van der Waals surface area (Å²) >= 11 is 6.10. The van der Waals surface area contributed by atoms with Gasteiger partial charge < -0.3 is 9.47 Å². The molecule has 0 radical (unpaired) electrons. The molecule has 0 saturated carbocycles. The van der Waals surface area contributed by atoms with Crippen molar-refractivity contribution in [2.75, 3.05) is 21.3 Å². The number of methoxy groups -OCH3 is 2. The summed E-state index contributed by atoms with van der Waals surface area (Å²) in [5.41, 5.74) is 0.724. The van der Waals surface area contributed by atoms with E-state index in [1.807, 2.05) is 6.07 Å². The Morgan fingerprint density at radius 1 is 1.09 bits per heavy atom. The lowest BCUT2D eigenvalue weighted by Crippen LogP contribution is -2.27. The van der Waals surface area contributed by atoms with Crippen molar-refractivity contribution in [3.63, 3.8) is 0 Å². The van der Waals surface area contributed by atoms with Gasteiger partial charge in [-0.25, -0.2) is 8.42 Å². The van der Waals surface area contributed by atoms with E-state index >= 15 is 0 Å². The highest BCUT2D eigenvalue weighted by molar-refractivity contribution is 7.89. The van der Waals surface area contributed by atoms with Crippen molar-refractivity contribution in [1.29, 1.82) is 0 Å². The van der Waals surface area contributed by atoms with E-state index in [4.69, 9.17) is 21.1 Å². The van der Waals surface area contributed by atoms with Crippen LogP contribution in [0.25, 0.3) is 0 Å². The Morgan fingerprint density at radius 2 is 1.78 bits per heavy atom. The number of benzene rings is 2. The van der Waals surface area contributed by atoms with Gasteiger partial charge in [0.1, 0.15) is 16.4 Å². The van der Waals surface area contributed by atoms with Crippen molar-refractivity contribution >= 4 is 21.6 Å². The third-order valence-electron chi connectivity index (χ3n) is 3.41. The molecule has 0 amide bonds. The first-order valence-corrected chi connectivity index (χ1v) is 8.63. The molecule has 2 aromatic carbocycles. The lowest BCUT2D eigenvalue weighted by atomic mass is 10.2. The molecule has 0 aliphatic rings. The minimum Gasteiger partial charge on any atom is -0.497 e. The predicted octanol–water partition coefficient (Wildman–Crippen LogP) is 3.18. The van der Waals surface area contributed by atoms with Crippen molar-refractivity contribution in [3.05, 3.63) is 53.1 Å². The zero-order chi connectivity index (χ0) is 17.0. The van der Waals surface area contributed by atoms with Crippen molar-refractivity contribution in [2.45, 2.75) is 11.4 Å². The number of rotatable bonds is 6. The lowest BCUT2D eigenvalue weighted by Gasteiger charge is -2.20. The molecule has 23 heavy (non-hydrogen) atoms. The van der Waals surface area contributed by atoms with E-state index < -0.39 is 10.0 Å². The van der Waals surface area contributed by atoms with Gasteiger partial charge >= 0.3 is 0 Å². The van der Waals surface area contributed by atoms with Crippen LogP contribution < -0.4 is 9.47 Å². The molecule has 0 saturated heterocycles. The minimum atomic E-state index is -3.76. The second kappa shape index (κ2) is 7.21. The van der Waals surface area contributed by atoms with Crippen LogP contribution in [0.1, 0.15) is 5.56 Å². The highest BCUT2D eigenvalue weighted by Crippen LogP contribution is 2.31. The molecule has 2 aromatic rings. The summed E-state index contributed by atoms with van der Waals surface area (Å²) in [5, 5.41) is 0.521. The highest BCUT2D eigenvalue weighted by atomic mass is 35.5. The molecule has 0 aliphatic heterocycles. The summed E-state index contributed by atoms with van der Waals surface area (Å²) < 4.78 is 37.2. The largest absolute Gasteiger partial charge is 0.497 e. The third-order valence-corrected chi connectivity index (χ3v) is 5.60. The molecule has 5 nitrogen and oxygen atoms in total. The van der Waals surface area contributed by atoms with Gasteiger partial charge in [-0.05, 0) is 23.8 Å². The fourth-order valence-corrected chi connectivity index (χ4v) is 3.62. The Labute approximate surface area is 141 Å². The maximum atomic E-state index is 12.8. The number of hydrogen-bond donors (Lipinski definition) is 0. The molecular weight excluding hydrogens is 338 g/mol. The molecule has 0 fully saturated rings. The second-order valence-electron chi connectivity index (χ2n) is 4.87. The van der Waals surface area contributed by atoms with Crippen LogP contribution in [0.3, 0.4) is 0 Å². The standard InChI is InChI=1S/C16H18ClNO4S/c1-18(11-12-6-4-5-7-14(12)17)23(19,20)16-10-13(21-2)8-9-15(16)22-3/h4-10H,11H2,1-3H3. The van der Waals surface area contributed by atoms with Gasteiger partial charge in [-0.1, -0.05) is 29.8 Å². The van der Waals surface area contributed by atoms with Crippen LogP contribution in [-0.4, -0.2) is 34.0 Å². The van der Waals surface area contributed by atoms with E-state index in [2.05, 4.69) is 0 Å². The van der Waals surface area contributed by atoms with Gasteiger partial charge in [0.2, 0.25) is 10.0 Å². The van der Waals surface area contributed by atoms with E-state index in [0.717, 1.165) is 5.56 Å². The Bertz CT molecular complexity index is 792. The zero-order valence-electron chi connectivity index (χ0n) is 13.1. The summed E-state index contributed by atoms with van der Waals surface area (Å²) in [7, 11) is 0.641. The maximum Gasteiger partial charge on any atom is 0.246 e. The SMILES string of the molecule is COc1ccc(OC)c(S(=O)(=O)N(C)Cc2ccccc2Cl)c1. The van der Waals surface area contributed by atoms with E-state index in [-0.39, 0.29) is 17.2 Å². The van der Waals surface area contributed by atoms with Gasteiger partial charge in [0.15, 0.2) is 0 Å². The maximum absolute atomic E-state index is 12.8. The first-order valence-electron chi connectivity index (χ1n) is 6.82. The van der Waals surface area contributed by atoms with Gasteiger partial charge in [-0.15, -0.1) is 0 Å².